The first-order valence-corrected chi connectivity index (χ1v) is 8.49. The van der Waals surface area contributed by atoms with Gasteiger partial charge in [-0.2, -0.15) is 0 Å². The van der Waals surface area contributed by atoms with E-state index in [-0.39, 0.29) is 29.4 Å². The van der Waals surface area contributed by atoms with Gasteiger partial charge in [-0.1, -0.05) is 20.8 Å². The molecule has 144 valence electrons. The molecule has 0 aliphatic rings. The van der Waals surface area contributed by atoms with Crippen LogP contribution in [0.2, 0.25) is 0 Å². The quantitative estimate of drug-likeness (QED) is 0.278. The Labute approximate surface area is 172 Å². The molecule has 0 aromatic carbocycles. The zero-order valence-corrected chi connectivity index (χ0v) is 18.1. The Bertz CT molecular complexity index is 668. The van der Waals surface area contributed by atoms with Crippen LogP contribution in [-0.2, 0) is 12.0 Å². The molecule has 0 radical (unpaired) electrons. The molecule has 0 aliphatic carbocycles. The van der Waals surface area contributed by atoms with Crippen LogP contribution in [0, 0.1) is 0 Å². The van der Waals surface area contributed by atoms with Crippen molar-refractivity contribution in [3.63, 3.8) is 0 Å². The van der Waals surface area contributed by atoms with E-state index in [1.807, 2.05) is 19.1 Å². The second kappa shape index (κ2) is 11.0. The minimum absolute atomic E-state index is 0. The third kappa shape index (κ3) is 7.59. The molecule has 2 N–H and O–H groups in total. The highest BCUT2D eigenvalue weighted by Gasteiger charge is 2.18. The number of oxazole rings is 1. The van der Waals surface area contributed by atoms with Gasteiger partial charge in [-0.3, -0.25) is 4.98 Å². The first kappa shape index (κ1) is 22.2. The van der Waals surface area contributed by atoms with Gasteiger partial charge in [0.05, 0.1) is 18.9 Å². The Morgan fingerprint density at radius 2 is 2.08 bits per heavy atom. The summed E-state index contributed by atoms with van der Waals surface area (Å²) in [6.07, 6.45) is 5.18. The molecule has 26 heavy (non-hydrogen) atoms. The molecule has 0 unspecified atom stereocenters. The van der Waals surface area contributed by atoms with Gasteiger partial charge in [0.2, 0.25) is 5.89 Å². The number of nitrogens with zero attached hydrogens (tertiary/aromatic N) is 3. The predicted octanol–water partition coefficient (Wildman–Crippen LogP) is 3.12. The summed E-state index contributed by atoms with van der Waals surface area (Å²) in [7, 11) is 0. The van der Waals surface area contributed by atoms with E-state index in [0.717, 1.165) is 18.1 Å². The van der Waals surface area contributed by atoms with Crippen molar-refractivity contribution >= 4 is 29.9 Å². The van der Waals surface area contributed by atoms with Crippen molar-refractivity contribution in [2.75, 3.05) is 19.7 Å². The van der Waals surface area contributed by atoms with Crippen LogP contribution in [0.1, 0.15) is 39.3 Å². The molecule has 2 aromatic rings. The average molecular weight is 473 g/mol. The highest BCUT2D eigenvalue weighted by molar-refractivity contribution is 14.0. The third-order valence-corrected chi connectivity index (χ3v) is 3.31. The lowest BCUT2D eigenvalue weighted by Gasteiger charge is -2.13. The number of guanidine groups is 1. The van der Waals surface area contributed by atoms with Crippen LogP contribution in [0.15, 0.2) is 40.1 Å². The molecule has 0 saturated carbocycles. The maximum absolute atomic E-state index is 5.75. The predicted molar refractivity (Wildman–Crippen MR) is 113 cm³/mol. The van der Waals surface area contributed by atoms with Crippen molar-refractivity contribution in [3.05, 3.63) is 42.4 Å². The lowest BCUT2D eigenvalue weighted by molar-refractivity contribution is 0.320. The van der Waals surface area contributed by atoms with Gasteiger partial charge >= 0.3 is 0 Å². The highest BCUT2D eigenvalue weighted by Crippen LogP contribution is 2.22. The molecular formula is C18H28IN5O2. The minimum Gasteiger partial charge on any atom is -0.490 e. The normalized spacial score (nSPS) is 11.6. The van der Waals surface area contributed by atoms with Crippen LogP contribution in [0.3, 0.4) is 0 Å². The molecule has 2 heterocycles. The van der Waals surface area contributed by atoms with Crippen LogP contribution in [0.5, 0.6) is 5.75 Å². The van der Waals surface area contributed by atoms with Crippen LogP contribution < -0.4 is 15.4 Å². The maximum Gasteiger partial charge on any atom is 0.216 e. The zero-order chi connectivity index (χ0) is 18.1. The molecule has 2 rings (SSSR count). The molecule has 7 nitrogen and oxygen atoms in total. The number of aromatic nitrogens is 2. The van der Waals surface area contributed by atoms with Crippen molar-refractivity contribution < 1.29 is 9.15 Å². The molecule has 0 saturated heterocycles. The van der Waals surface area contributed by atoms with E-state index in [2.05, 4.69) is 46.4 Å². The first-order chi connectivity index (χ1) is 12.0. The number of hydrogen-bond acceptors (Lipinski definition) is 5. The number of aliphatic imine (C=N–C) groups is 1. The van der Waals surface area contributed by atoms with Crippen molar-refractivity contribution in [1.82, 2.24) is 20.6 Å². The van der Waals surface area contributed by atoms with Gasteiger partial charge in [-0.25, -0.2) is 9.98 Å². The van der Waals surface area contributed by atoms with E-state index in [4.69, 9.17) is 9.15 Å². The summed E-state index contributed by atoms with van der Waals surface area (Å²) in [6.45, 7) is 10.6. The number of hydrogen-bond donors (Lipinski definition) is 2. The number of nitrogens with one attached hydrogen (secondary N) is 2. The largest absolute Gasteiger partial charge is 0.490 e. The summed E-state index contributed by atoms with van der Waals surface area (Å²) in [4.78, 5) is 12.8. The van der Waals surface area contributed by atoms with E-state index in [1.54, 1.807) is 18.6 Å². The molecule has 0 bridgehead atoms. The lowest BCUT2D eigenvalue weighted by atomic mass is 9.94. The van der Waals surface area contributed by atoms with Gasteiger partial charge in [-0.15, -0.1) is 24.0 Å². The Morgan fingerprint density at radius 1 is 1.27 bits per heavy atom. The summed E-state index contributed by atoms with van der Waals surface area (Å²) in [5, 5.41) is 6.41. The summed E-state index contributed by atoms with van der Waals surface area (Å²) >= 11 is 0. The van der Waals surface area contributed by atoms with Crippen molar-refractivity contribution in [2.45, 2.75) is 39.7 Å². The monoisotopic (exact) mass is 473 g/mol. The van der Waals surface area contributed by atoms with Gasteiger partial charge in [0.25, 0.3) is 0 Å². The third-order valence-electron chi connectivity index (χ3n) is 3.31. The fourth-order valence-electron chi connectivity index (χ4n) is 1.99. The molecule has 0 spiro atoms. The maximum atomic E-state index is 5.75. The Kier molecular flexibility index (Phi) is 9.39. The highest BCUT2D eigenvalue weighted by atomic mass is 127. The summed E-state index contributed by atoms with van der Waals surface area (Å²) < 4.78 is 11.4. The molecule has 0 fully saturated rings. The fraction of sp³-hybridized carbons (Fsp3) is 0.500. The molecule has 0 atom stereocenters. The molecule has 8 heteroatoms. The average Bonchev–Trinajstić information content (AvgIpc) is 3.07. The molecule has 2 aromatic heterocycles. The van der Waals surface area contributed by atoms with Crippen LogP contribution in [0.25, 0.3) is 0 Å². The Balaban J connectivity index is 0.00000338. The number of pyridine rings is 1. The van der Waals surface area contributed by atoms with Crippen LogP contribution in [0.4, 0.5) is 0 Å². The van der Waals surface area contributed by atoms with Gasteiger partial charge in [-0.05, 0) is 19.1 Å². The summed E-state index contributed by atoms with van der Waals surface area (Å²) in [5.74, 6) is 2.92. The van der Waals surface area contributed by atoms with Crippen molar-refractivity contribution in [1.29, 1.82) is 0 Å². The topological polar surface area (TPSA) is 84.6 Å². The summed E-state index contributed by atoms with van der Waals surface area (Å²) in [5.41, 5.74) is -0.0542. The Morgan fingerprint density at radius 3 is 2.69 bits per heavy atom. The fourth-order valence-corrected chi connectivity index (χ4v) is 1.99. The van der Waals surface area contributed by atoms with Crippen LogP contribution in [-0.4, -0.2) is 35.6 Å². The summed E-state index contributed by atoms with van der Waals surface area (Å²) in [6, 6.07) is 3.72. The van der Waals surface area contributed by atoms with E-state index >= 15 is 0 Å². The molecule has 0 amide bonds. The molecular weight excluding hydrogens is 445 g/mol. The SMILES string of the molecule is CCNC(=NCc1ncc(C(C)(C)C)o1)NCCOc1cccnc1.I. The van der Waals surface area contributed by atoms with Crippen molar-refractivity contribution in [3.8, 4) is 5.75 Å². The van der Waals surface area contributed by atoms with Crippen LogP contribution >= 0.6 is 24.0 Å². The first-order valence-electron chi connectivity index (χ1n) is 8.49. The lowest BCUT2D eigenvalue weighted by Crippen LogP contribution is -2.39. The zero-order valence-electron chi connectivity index (χ0n) is 15.8. The number of rotatable bonds is 7. The van der Waals surface area contributed by atoms with Gasteiger partial charge in [0, 0.05) is 18.2 Å². The van der Waals surface area contributed by atoms with E-state index in [1.165, 1.54) is 0 Å². The Hall–Kier alpha value is -1.84. The standard InChI is InChI=1S/C18H27N5O2.HI/c1-5-20-17(21-9-10-24-14-7-6-8-19-11-14)23-13-16-22-12-15(25-16)18(2,3)4;/h6-8,11-12H,5,9-10,13H2,1-4H3,(H2,20,21,23);1H. The van der Waals surface area contributed by atoms with E-state index in [9.17, 15) is 0 Å². The second-order valence-corrected chi connectivity index (χ2v) is 6.53. The van der Waals surface area contributed by atoms with Gasteiger partial charge in [0.15, 0.2) is 5.96 Å². The second-order valence-electron chi connectivity index (χ2n) is 6.53. The van der Waals surface area contributed by atoms with E-state index < -0.39 is 0 Å². The number of halogens is 1. The van der Waals surface area contributed by atoms with E-state index in [0.29, 0.717) is 31.5 Å². The molecule has 0 aliphatic heterocycles. The minimum atomic E-state index is -0.0542. The number of ether oxygens (including phenoxy) is 1. The smallest absolute Gasteiger partial charge is 0.216 e. The van der Waals surface area contributed by atoms with Gasteiger partial charge in [0.1, 0.15) is 24.7 Å². The van der Waals surface area contributed by atoms with Gasteiger partial charge < -0.3 is 19.8 Å². The van der Waals surface area contributed by atoms with Crippen molar-refractivity contribution in [2.24, 2.45) is 4.99 Å².